The van der Waals surface area contributed by atoms with Crippen molar-refractivity contribution < 1.29 is 47.6 Å². The second-order valence-corrected chi connectivity index (χ2v) is 10.4. The lowest BCUT2D eigenvalue weighted by molar-refractivity contribution is 0.0102. The monoisotopic (exact) mass is 622 g/mol. The number of esters is 2. The van der Waals surface area contributed by atoms with E-state index in [1.807, 2.05) is 72.8 Å². The van der Waals surface area contributed by atoms with Crippen LogP contribution in [0.25, 0.3) is 32.7 Å². The Labute approximate surface area is 263 Å². The van der Waals surface area contributed by atoms with E-state index in [0.29, 0.717) is 22.6 Å². The lowest BCUT2D eigenvalue weighted by atomic mass is 9.92. The first kappa shape index (κ1) is 30.4. The topological polar surface area (TPSA) is 138 Å². The third-order valence-electron chi connectivity index (χ3n) is 7.15. The second kappa shape index (κ2) is 14.0. The van der Waals surface area contributed by atoms with Crippen LogP contribution in [0.3, 0.4) is 0 Å². The van der Waals surface area contributed by atoms with Crippen LogP contribution >= 0.6 is 0 Å². The molecule has 0 bridgehead atoms. The maximum absolute atomic E-state index is 12.1. The molecule has 2 atom stereocenters. The molecule has 0 saturated heterocycles. The van der Waals surface area contributed by atoms with E-state index in [1.54, 1.807) is 12.1 Å². The van der Waals surface area contributed by atoms with Gasteiger partial charge in [-0.3, -0.25) is 0 Å². The zero-order valence-corrected chi connectivity index (χ0v) is 24.5. The molecule has 0 amide bonds. The number of carbonyl (C=O) groups excluding carboxylic acids is 2. The van der Waals surface area contributed by atoms with Gasteiger partial charge in [-0.2, -0.15) is 0 Å². The summed E-state index contributed by atoms with van der Waals surface area (Å²) >= 11 is 0. The molecular formula is C36H30O10. The minimum Gasteiger partial charge on any atom is -0.490 e. The number of ether oxygens (including phenoxy) is 4. The van der Waals surface area contributed by atoms with Crippen LogP contribution in [-0.2, 0) is 9.47 Å². The van der Waals surface area contributed by atoms with Gasteiger partial charge in [-0.1, -0.05) is 60.7 Å². The molecule has 6 aromatic rings. The summed E-state index contributed by atoms with van der Waals surface area (Å²) in [5.41, 5.74) is 1.42. The van der Waals surface area contributed by atoms with Gasteiger partial charge in [-0.05, 0) is 57.9 Å². The summed E-state index contributed by atoms with van der Waals surface area (Å²) in [6, 6.07) is 29.1. The molecule has 0 aliphatic heterocycles. The Kier molecular flexibility index (Phi) is 9.28. The van der Waals surface area contributed by atoms with Gasteiger partial charge in [0.1, 0.15) is 50.1 Å². The zero-order chi connectivity index (χ0) is 31.9. The van der Waals surface area contributed by atoms with Gasteiger partial charge >= 0.3 is 11.9 Å². The SMILES string of the molecule is O=C(OCC(O)COc1ccc2ccccc2c1-c1c(OCC(O)COC(=O)c2ccco2)ccc2ccccc12)c1ccco1. The number of furan rings is 2. The van der Waals surface area contributed by atoms with Crippen LogP contribution in [-0.4, -0.2) is 60.8 Å². The molecule has 4 aromatic carbocycles. The molecule has 10 nitrogen and oxygen atoms in total. The van der Waals surface area contributed by atoms with E-state index < -0.39 is 24.1 Å². The van der Waals surface area contributed by atoms with Gasteiger partial charge in [0.25, 0.3) is 0 Å². The number of hydrogen-bond donors (Lipinski definition) is 2. The number of benzene rings is 4. The number of fused-ring (bicyclic) bond motifs is 2. The van der Waals surface area contributed by atoms with Gasteiger partial charge in [0.05, 0.1) is 12.5 Å². The first-order valence-electron chi connectivity index (χ1n) is 14.5. The molecule has 10 heteroatoms. The fourth-order valence-corrected chi connectivity index (χ4v) is 5.00. The highest BCUT2D eigenvalue weighted by Gasteiger charge is 2.22. The Morgan fingerprint density at radius 1 is 0.543 bits per heavy atom. The molecule has 2 aromatic heterocycles. The predicted octanol–water partition coefficient (Wildman–Crippen LogP) is 6.04. The molecular weight excluding hydrogens is 592 g/mol. The zero-order valence-electron chi connectivity index (χ0n) is 24.5. The van der Waals surface area contributed by atoms with Crippen molar-refractivity contribution >= 4 is 33.5 Å². The van der Waals surface area contributed by atoms with Crippen molar-refractivity contribution in [2.45, 2.75) is 12.2 Å². The number of aliphatic hydroxyl groups excluding tert-OH is 2. The lowest BCUT2D eigenvalue weighted by Crippen LogP contribution is -2.25. The summed E-state index contributed by atoms with van der Waals surface area (Å²) < 4.78 is 32.8. The van der Waals surface area contributed by atoms with Crippen LogP contribution in [0.1, 0.15) is 21.1 Å². The van der Waals surface area contributed by atoms with E-state index in [4.69, 9.17) is 27.8 Å². The van der Waals surface area contributed by atoms with Crippen molar-refractivity contribution in [3.63, 3.8) is 0 Å². The molecule has 0 saturated carbocycles. The molecule has 2 unspecified atom stereocenters. The summed E-state index contributed by atoms with van der Waals surface area (Å²) in [5.74, 6) is -0.381. The van der Waals surface area contributed by atoms with Gasteiger partial charge in [-0.25, -0.2) is 9.59 Å². The number of aliphatic hydroxyl groups is 2. The lowest BCUT2D eigenvalue weighted by Gasteiger charge is -2.21. The number of hydrogen-bond acceptors (Lipinski definition) is 10. The first-order valence-corrected chi connectivity index (χ1v) is 14.5. The average molecular weight is 623 g/mol. The largest absolute Gasteiger partial charge is 0.490 e. The summed E-state index contributed by atoms with van der Waals surface area (Å²) in [4.78, 5) is 24.3. The summed E-state index contributed by atoms with van der Waals surface area (Å²) in [5, 5.41) is 24.9. The highest BCUT2D eigenvalue weighted by atomic mass is 16.6. The van der Waals surface area contributed by atoms with E-state index in [2.05, 4.69) is 0 Å². The quantitative estimate of drug-likeness (QED) is 0.147. The van der Waals surface area contributed by atoms with Crippen molar-refractivity contribution in [1.29, 1.82) is 0 Å². The minimum atomic E-state index is -1.12. The fourth-order valence-electron chi connectivity index (χ4n) is 5.00. The van der Waals surface area contributed by atoms with Crippen LogP contribution in [0.2, 0.25) is 0 Å². The van der Waals surface area contributed by atoms with Crippen LogP contribution in [0.4, 0.5) is 0 Å². The molecule has 0 fully saturated rings. The fraction of sp³-hybridized carbons (Fsp3) is 0.167. The summed E-state index contributed by atoms with van der Waals surface area (Å²) in [6.45, 7) is -0.935. The smallest absolute Gasteiger partial charge is 0.374 e. The van der Waals surface area contributed by atoms with Crippen molar-refractivity contribution in [1.82, 2.24) is 0 Å². The van der Waals surface area contributed by atoms with Gasteiger partial charge in [0, 0.05) is 11.1 Å². The Bertz CT molecular complexity index is 1790. The maximum atomic E-state index is 12.1. The van der Waals surface area contributed by atoms with Gasteiger partial charge in [0.15, 0.2) is 0 Å². The van der Waals surface area contributed by atoms with Gasteiger partial charge < -0.3 is 38.0 Å². The van der Waals surface area contributed by atoms with E-state index in [1.165, 1.54) is 24.7 Å². The Morgan fingerprint density at radius 3 is 1.39 bits per heavy atom. The van der Waals surface area contributed by atoms with Gasteiger partial charge in [0.2, 0.25) is 11.5 Å². The standard InChI is InChI=1S/C36H30O10/c37-25(21-45-35(39)31-11-5-17-41-31)19-43-29-15-13-23-7-1-3-9-27(23)33(29)34-28-10-4-2-8-24(28)14-16-30(34)44-20-26(38)22-46-36(40)32-12-6-18-42-32/h1-18,25-26,37-38H,19-22H2. The summed E-state index contributed by atoms with van der Waals surface area (Å²) in [7, 11) is 0. The highest BCUT2D eigenvalue weighted by Crippen LogP contribution is 2.45. The molecule has 0 radical (unpaired) electrons. The minimum absolute atomic E-state index is 0.0363. The molecule has 6 rings (SSSR count). The second-order valence-electron chi connectivity index (χ2n) is 10.4. The van der Waals surface area contributed by atoms with Crippen LogP contribution in [0.5, 0.6) is 11.5 Å². The van der Waals surface area contributed by atoms with Crippen LogP contribution < -0.4 is 9.47 Å². The summed E-state index contributed by atoms with van der Waals surface area (Å²) in [6.07, 6.45) is 0.475. The van der Waals surface area contributed by atoms with E-state index in [9.17, 15) is 19.8 Å². The molecule has 2 heterocycles. The third-order valence-corrected chi connectivity index (χ3v) is 7.15. The van der Waals surface area contributed by atoms with E-state index in [-0.39, 0.29) is 37.9 Å². The average Bonchev–Trinajstić information content (AvgIpc) is 3.83. The maximum Gasteiger partial charge on any atom is 0.374 e. The molecule has 0 spiro atoms. The van der Waals surface area contributed by atoms with E-state index in [0.717, 1.165) is 21.5 Å². The highest BCUT2D eigenvalue weighted by molar-refractivity contribution is 6.09. The Balaban J connectivity index is 1.27. The number of rotatable bonds is 13. The molecule has 2 N–H and O–H groups in total. The normalized spacial score (nSPS) is 12.5. The van der Waals surface area contributed by atoms with Crippen LogP contribution in [0.15, 0.2) is 118 Å². The van der Waals surface area contributed by atoms with Gasteiger partial charge in [-0.15, -0.1) is 0 Å². The molecule has 0 aliphatic rings. The molecule has 46 heavy (non-hydrogen) atoms. The first-order chi connectivity index (χ1) is 22.5. The Morgan fingerprint density at radius 2 is 0.978 bits per heavy atom. The van der Waals surface area contributed by atoms with Crippen molar-refractivity contribution in [3.8, 4) is 22.6 Å². The predicted molar refractivity (Wildman–Crippen MR) is 168 cm³/mol. The van der Waals surface area contributed by atoms with Crippen molar-refractivity contribution in [2.24, 2.45) is 0 Å². The van der Waals surface area contributed by atoms with Crippen molar-refractivity contribution in [3.05, 3.63) is 121 Å². The molecule has 0 aliphatic carbocycles. The van der Waals surface area contributed by atoms with Crippen molar-refractivity contribution in [2.75, 3.05) is 26.4 Å². The Hall–Kier alpha value is -5.58. The van der Waals surface area contributed by atoms with E-state index >= 15 is 0 Å². The third kappa shape index (κ3) is 6.88. The molecule has 234 valence electrons. The van der Waals surface area contributed by atoms with Crippen LogP contribution in [0, 0.1) is 0 Å². The number of carbonyl (C=O) groups is 2.